The molecule has 1 atom stereocenters. The van der Waals surface area contributed by atoms with Crippen LogP contribution in [0.2, 0.25) is 0 Å². The standard InChI is InChI=1S/C17H22N4OS/c1-11(2)13-9-23-15(19-13)20-16(22)21-10-17(3,4)14(21)12-5-7-18-8-6-12/h5-9,11,14H,10H2,1-4H3,(H,19,20,22). The van der Waals surface area contributed by atoms with Gasteiger partial charge in [-0.15, -0.1) is 11.3 Å². The number of likely N-dealkylation sites (tertiary alicyclic amines) is 1. The van der Waals surface area contributed by atoms with Crippen molar-refractivity contribution in [2.75, 3.05) is 11.9 Å². The highest BCUT2D eigenvalue weighted by molar-refractivity contribution is 7.13. The number of pyridine rings is 1. The summed E-state index contributed by atoms with van der Waals surface area (Å²) in [4.78, 5) is 23.0. The summed E-state index contributed by atoms with van der Waals surface area (Å²) in [6.07, 6.45) is 3.55. The third-order valence-electron chi connectivity index (χ3n) is 4.24. The summed E-state index contributed by atoms with van der Waals surface area (Å²) in [6, 6.07) is 3.93. The molecule has 3 heterocycles. The summed E-state index contributed by atoms with van der Waals surface area (Å²) < 4.78 is 0. The van der Waals surface area contributed by atoms with E-state index in [4.69, 9.17) is 0 Å². The quantitative estimate of drug-likeness (QED) is 0.914. The van der Waals surface area contributed by atoms with Crippen molar-refractivity contribution in [2.45, 2.75) is 39.7 Å². The van der Waals surface area contributed by atoms with Crippen LogP contribution in [0.15, 0.2) is 29.9 Å². The van der Waals surface area contributed by atoms with E-state index in [1.807, 2.05) is 22.4 Å². The number of hydrogen-bond donors (Lipinski definition) is 1. The van der Waals surface area contributed by atoms with Crippen LogP contribution in [0.4, 0.5) is 9.93 Å². The molecule has 0 aliphatic carbocycles. The number of nitrogens with one attached hydrogen (secondary N) is 1. The monoisotopic (exact) mass is 330 g/mol. The highest BCUT2D eigenvalue weighted by Gasteiger charge is 2.49. The van der Waals surface area contributed by atoms with Crippen molar-refractivity contribution in [1.82, 2.24) is 14.9 Å². The summed E-state index contributed by atoms with van der Waals surface area (Å²) in [5, 5.41) is 5.60. The predicted octanol–water partition coefficient (Wildman–Crippen LogP) is 4.28. The van der Waals surface area contributed by atoms with Crippen LogP contribution < -0.4 is 5.32 Å². The van der Waals surface area contributed by atoms with E-state index in [1.54, 1.807) is 12.4 Å². The van der Waals surface area contributed by atoms with Gasteiger partial charge in [0.2, 0.25) is 0 Å². The van der Waals surface area contributed by atoms with Crippen LogP contribution in [0, 0.1) is 5.41 Å². The zero-order valence-corrected chi connectivity index (χ0v) is 14.7. The number of urea groups is 1. The Labute approximate surface area is 140 Å². The largest absolute Gasteiger partial charge is 0.324 e. The van der Waals surface area contributed by atoms with Gasteiger partial charge in [0, 0.05) is 29.7 Å². The van der Waals surface area contributed by atoms with E-state index in [1.165, 1.54) is 11.3 Å². The Morgan fingerprint density at radius 1 is 1.39 bits per heavy atom. The number of amides is 2. The van der Waals surface area contributed by atoms with Gasteiger partial charge in [0.05, 0.1) is 11.7 Å². The van der Waals surface area contributed by atoms with Crippen LogP contribution >= 0.6 is 11.3 Å². The third kappa shape index (κ3) is 3.08. The van der Waals surface area contributed by atoms with Gasteiger partial charge < -0.3 is 4.90 Å². The average Bonchev–Trinajstić information content (AvgIpc) is 2.95. The van der Waals surface area contributed by atoms with Gasteiger partial charge in [0.15, 0.2) is 5.13 Å². The molecule has 3 rings (SSSR count). The Bertz CT molecular complexity index is 696. The lowest BCUT2D eigenvalue weighted by molar-refractivity contribution is -0.0115. The molecule has 0 spiro atoms. The van der Waals surface area contributed by atoms with Gasteiger partial charge in [-0.25, -0.2) is 9.78 Å². The normalized spacial score (nSPS) is 19.5. The summed E-state index contributed by atoms with van der Waals surface area (Å²) in [6.45, 7) is 9.29. The van der Waals surface area contributed by atoms with E-state index >= 15 is 0 Å². The smallest absolute Gasteiger partial charge is 0.316 e. The van der Waals surface area contributed by atoms with Gasteiger partial charge in [-0.05, 0) is 23.6 Å². The molecule has 1 fully saturated rings. The lowest BCUT2D eigenvalue weighted by atomic mass is 9.72. The van der Waals surface area contributed by atoms with Crippen LogP contribution in [-0.4, -0.2) is 27.4 Å². The maximum Gasteiger partial charge on any atom is 0.324 e. The molecule has 1 N–H and O–H groups in total. The molecule has 2 amide bonds. The first-order chi connectivity index (χ1) is 10.9. The van der Waals surface area contributed by atoms with Gasteiger partial charge >= 0.3 is 6.03 Å². The number of thiazole rings is 1. The fourth-order valence-electron chi connectivity index (χ4n) is 3.06. The highest BCUT2D eigenvalue weighted by atomic mass is 32.1. The van der Waals surface area contributed by atoms with Gasteiger partial charge in [-0.2, -0.15) is 0 Å². The average molecular weight is 330 g/mol. The van der Waals surface area contributed by atoms with Crippen molar-refractivity contribution in [3.63, 3.8) is 0 Å². The van der Waals surface area contributed by atoms with E-state index in [-0.39, 0.29) is 17.5 Å². The number of carbonyl (C=O) groups excluding carboxylic acids is 1. The molecule has 1 aliphatic rings. The Morgan fingerprint density at radius 3 is 2.65 bits per heavy atom. The third-order valence-corrected chi connectivity index (χ3v) is 5.02. The first-order valence-electron chi connectivity index (χ1n) is 7.81. The summed E-state index contributed by atoms with van der Waals surface area (Å²) in [5.41, 5.74) is 2.19. The second kappa shape index (κ2) is 5.92. The molecule has 2 aromatic rings. The Balaban J connectivity index is 1.74. The van der Waals surface area contributed by atoms with Gasteiger partial charge in [0.1, 0.15) is 0 Å². The van der Waals surface area contributed by atoms with Gasteiger partial charge in [-0.3, -0.25) is 10.3 Å². The summed E-state index contributed by atoms with van der Waals surface area (Å²) >= 11 is 1.48. The second-order valence-electron chi connectivity index (χ2n) is 6.96. The topological polar surface area (TPSA) is 58.1 Å². The first-order valence-corrected chi connectivity index (χ1v) is 8.69. The number of rotatable bonds is 3. The minimum atomic E-state index is -0.0872. The van der Waals surface area contributed by atoms with Gasteiger partial charge in [0.25, 0.3) is 0 Å². The molecular weight excluding hydrogens is 308 g/mol. The molecule has 5 nitrogen and oxygen atoms in total. The van der Waals surface area contributed by atoms with Crippen LogP contribution in [0.5, 0.6) is 0 Å². The lowest BCUT2D eigenvalue weighted by Gasteiger charge is -2.54. The van der Waals surface area contributed by atoms with E-state index in [0.29, 0.717) is 11.0 Å². The van der Waals surface area contributed by atoms with E-state index in [0.717, 1.165) is 17.8 Å². The summed E-state index contributed by atoms with van der Waals surface area (Å²) in [5.74, 6) is 0.365. The second-order valence-corrected chi connectivity index (χ2v) is 7.82. The number of nitrogens with zero attached hydrogens (tertiary/aromatic N) is 3. The van der Waals surface area contributed by atoms with Crippen molar-refractivity contribution in [3.05, 3.63) is 41.2 Å². The van der Waals surface area contributed by atoms with Crippen molar-refractivity contribution < 1.29 is 4.79 Å². The fraction of sp³-hybridized carbons (Fsp3) is 0.471. The zero-order valence-electron chi connectivity index (χ0n) is 13.9. The van der Waals surface area contributed by atoms with Gasteiger partial charge in [-0.1, -0.05) is 27.7 Å². The molecule has 122 valence electrons. The molecule has 1 unspecified atom stereocenters. The van der Waals surface area contributed by atoms with E-state index < -0.39 is 0 Å². The van der Waals surface area contributed by atoms with Crippen molar-refractivity contribution in [3.8, 4) is 0 Å². The Kier molecular flexibility index (Phi) is 4.10. The molecule has 1 saturated heterocycles. The maximum atomic E-state index is 12.6. The zero-order chi connectivity index (χ0) is 16.6. The van der Waals surface area contributed by atoms with Crippen molar-refractivity contribution in [2.24, 2.45) is 5.41 Å². The van der Waals surface area contributed by atoms with Crippen LogP contribution in [0.3, 0.4) is 0 Å². The molecule has 0 saturated carbocycles. The van der Waals surface area contributed by atoms with Crippen LogP contribution in [-0.2, 0) is 0 Å². The molecule has 0 aromatic carbocycles. The molecular formula is C17H22N4OS. The number of carbonyl (C=O) groups is 1. The minimum absolute atomic E-state index is 0.0602. The Morgan fingerprint density at radius 2 is 2.09 bits per heavy atom. The summed E-state index contributed by atoms with van der Waals surface area (Å²) in [7, 11) is 0. The number of hydrogen-bond acceptors (Lipinski definition) is 4. The number of aromatic nitrogens is 2. The van der Waals surface area contributed by atoms with Crippen molar-refractivity contribution >= 4 is 22.5 Å². The highest BCUT2D eigenvalue weighted by Crippen LogP contribution is 2.48. The molecule has 0 radical (unpaired) electrons. The number of anilines is 1. The Hall–Kier alpha value is -1.95. The molecule has 0 bridgehead atoms. The molecule has 23 heavy (non-hydrogen) atoms. The SMILES string of the molecule is CC(C)c1csc(NC(=O)N2CC(C)(C)C2c2ccncc2)n1. The molecule has 6 heteroatoms. The lowest BCUT2D eigenvalue weighted by Crippen LogP contribution is -2.59. The maximum absolute atomic E-state index is 12.6. The first kappa shape index (κ1) is 15.9. The molecule has 2 aromatic heterocycles. The predicted molar refractivity (Wildman–Crippen MR) is 92.7 cm³/mol. The fourth-order valence-corrected chi connectivity index (χ4v) is 3.93. The molecule has 1 aliphatic heterocycles. The van der Waals surface area contributed by atoms with E-state index in [9.17, 15) is 4.79 Å². The van der Waals surface area contributed by atoms with Crippen LogP contribution in [0.25, 0.3) is 0 Å². The van der Waals surface area contributed by atoms with E-state index in [2.05, 4.69) is 43.0 Å². The minimum Gasteiger partial charge on any atom is -0.316 e. The van der Waals surface area contributed by atoms with Crippen molar-refractivity contribution in [1.29, 1.82) is 0 Å². The van der Waals surface area contributed by atoms with Crippen LogP contribution in [0.1, 0.15) is 50.9 Å².